The summed E-state index contributed by atoms with van der Waals surface area (Å²) in [5, 5.41) is 11.9. The standard InChI is InChI=1S/C9H14N2O3S/c1-6-4-8(11(3)10-6)5-15(14)7(2)9(12)13/h4,7H,5H2,1-3H3,(H,12,13). The summed E-state index contributed by atoms with van der Waals surface area (Å²) in [6, 6.07) is 1.81. The van der Waals surface area contributed by atoms with Crippen LogP contribution in [0.2, 0.25) is 0 Å². The molecule has 0 aliphatic carbocycles. The van der Waals surface area contributed by atoms with Crippen molar-refractivity contribution in [2.75, 3.05) is 0 Å². The van der Waals surface area contributed by atoms with Gasteiger partial charge in [0.15, 0.2) is 0 Å². The molecule has 0 spiro atoms. The van der Waals surface area contributed by atoms with Gasteiger partial charge < -0.3 is 5.11 Å². The molecule has 0 bridgehead atoms. The molecule has 0 aromatic carbocycles. The van der Waals surface area contributed by atoms with Crippen LogP contribution in [-0.4, -0.2) is 30.3 Å². The second-order valence-electron chi connectivity index (χ2n) is 3.41. The Hall–Kier alpha value is -1.17. The van der Waals surface area contributed by atoms with Gasteiger partial charge in [-0.2, -0.15) is 5.10 Å². The average molecular weight is 230 g/mol. The molecule has 15 heavy (non-hydrogen) atoms. The minimum Gasteiger partial charge on any atom is -0.480 e. The summed E-state index contributed by atoms with van der Waals surface area (Å²) in [5.41, 5.74) is 1.63. The maximum Gasteiger partial charge on any atom is 0.318 e. The third kappa shape index (κ3) is 2.89. The molecule has 1 aromatic heterocycles. The van der Waals surface area contributed by atoms with Crippen molar-refractivity contribution in [1.82, 2.24) is 9.78 Å². The number of rotatable bonds is 4. The van der Waals surface area contributed by atoms with Gasteiger partial charge in [-0.25, -0.2) is 0 Å². The number of aliphatic carboxylic acids is 1. The smallest absolute Gasteiger partial charge is 0.318 e. The minimum absolute atomic E-state index is 0.227. The molecule has 5 nitrogen and oxygen atoms in total. The zero-order chi connectivity index (χ0) is 11.6. The summed E-state index contributed by atoms with van der Waals surface area (Å²) in [4.78, 5) is 10.6. The van der Waals surface area contributed by atoms with Crippen LogP contribution in [0.3, 0.4) is 0 Å². The van der Waals surface area contributed by atoms with Gasteiger partial charge in [0.25, 0.3) is 0 Å². The van der Waals surface area contributed by atoms with Gasteiger partial charge >= 0.3 is 5.97 Å². The van der Waals surface area contributed by atoms with Crippen LogP contribution in [0, 0.1) is 6.92 Å². The fourth-order valence-electron chi connectivity index (χ4n) is 1.18. The zero-order valence-corrected chi connectivity index (χ0v) is 9.74. The van der Waals surface area contributed by atoms with Crippen LogP contribution < -0.4 is 0 Å². The number of hydrogen-bond donors (Lipinski definition) is 1. The molecule has 0 aliphatic rings. The molecule has 0 radical (unpaired) electrons. The Bertz CT molecular complexity index is 400. The van der Waals surface area contributed by atoms with E-state index >= 15 is 0 Å². The lowest BCUT2D eigenvalue weighted by Crippen LogP contribution is -2.23. The molecular weight excluding hydrogens is 216 g/mol. The summed E-state index contributed by atoms with van der Waals surface area (Å²) >= 11 is 0. The Kier molecular flexibility index (Phi) is 3.62. The monoisotopic (exact) mass is 230 g/mol. The average Bonchev–Trinajstić information content (AvgIpc) is 2.43. The van der Waals surface area contributed by atoms with Gasteiger partial charge in [0.05, 0.1) is 17.1 Å². The van der Waals surface area contributed by atoms with Crippen LogP contribution in [0.25, 0.3) is 0 Å². The van der Waals surface area contributed by atoms with E-state index in [1.807, 2.05) is 13.0 Å². The van der Waals surface area contributed by atoms with Crippen LogP contribution in [0.4, 0.5) is 0 Å². The summed E-state index contributed by atoms with van der Waals surface area (Å²) in [6.07, 6.45) is 0. The van der Waals surface area contributed by atoms with E-state index in [0.29, 0.717) is 0 Å². The van der Waals surface area contributed by atoms with Crippen molar-refractivity contribution < 1.29 is 14.1 Å². The lowest BCUT2D eigenvalue weighted by Gasteiger charge is -2.06. The van der Waals surface area contributed by atoms with Crippen LogP contribution in [-0.2, 0) is 28.4 Å². The van der Waals surface area contributed by atoms with Crippen LogP contribution >= 0.6 is 0 Å². The molecule has 2 atom stereocenters. The van der Waals surface area contributed by atoms with Gasteiger partial charge in [-0.3, -0.25) is 13.7 Å². The van der Waals surface area contributed by atoms with Crippen molar-refractivity contribution >= 4 is 16.8 Å². The number of aromatic nitrogens is 2. The first-order valence-corrected chi connectivity index (χ1v) is 5.89. The molecule has 1 aromatic rings. The van der Waals surface area contributed by atoms with Gasteiger partial charge in [0.2, 0.25) is 0 Å². The molecule has 0 amide bonds. The maximum atomic E-state index is 11.6. The highest BCUT2D eigenvalue weighted by molar-refractivity contribution is 7.85. The molecular formula is C9H14N2O3S. The molecule has 0 aliphatic heterocycles. The Morgan fingerprint density at radius 1 is 1.73 bits per heavy atom. The Balaban J connectivity index is 2.74. The number of hydrogen-bond acceptors (Lipinski definition) is 3. The van der Waals surface area contributed by atoms with Crippen LogP contribution in [0.5, 0.6) is 0 Å². The quantitative estimate of drug-likeness (QED) is 0.815. The van der Waals surface area contributed by atoms with E-state index in [-0.39, 0.29) is 5.75 Å². The third-order valence-electron chi connectivity index (χ3n) is 2.13. The van der Waals surface area contributed by atoms with Gasteiger partial charge in [-0.15, -0.1) is 0 Å². The molecule has 1 N–H and O–H groups in total. The summed E-state index contributed by atoms with van der Waals surface area (Å²) in [5.74, 6) is -0.808. The number of aryl methyl sites for hydroxylation is 2. The van der Waals surface area contributed by atoms with Gasteiger partial charge in [0.1, 0.15) is 5.25 Å². The second kappa shape index (κ2) is 4.57. The van der Waals surface area contributed by atoms with Crippen molar-refractivity contribution in [1.29, 1.82) is 0 Å². The fraction of sp³-hybridized carbons (Fsp3) is 0.556. The third-order valence-corrected chi connectivity index (χ3v) is 3.70. The van der Waals surface area contributed by atoms with Gasteiger partial charge in [-0.05, 0) is 19.9 Å². The predicted octanol–water partition coefficient (Wildman–Crippen LogP) is 0.450. The van der Waals surface area contributed by atoms with Crippen LogP contribution in [0.1, 0.15) is 18.3 Å². The van der Waals surface area contributed by atoms with E-state index in [1.54, 1.807) is 11.7 Å². The summed E-state index contributed by atoms with van der Waals surface area (Å²) in [6.45, 7) is 3.29. The van der Waals surface area contributed by atoms with Crippen molar-refractivity contribution in [2.24, 2.45) is 7.05 Å². The number of carbonyl (C=O) groups is 1. The van der Waals surface area contributed by atoms with Crippen molar-refractivity contribution in [2.45, 2.75) is 24.9 Å². The summed E-state index contributed by atoms with van der Waals surface area (Å²) in [7, 11) is 0.352. The maximum absolute atomic E-state index is 11.6. The van der Waals surface area contributed by atoms with E-state index in [0.717, 1.165) is 11.4 Å². The van der Waals surface area contributed by atoms with Gasteiger partial charge in [0, 0.05) is 17.8 Å². The largest absolute Gasteiger partial charge is 0.480 e. The molecule has 0 saturated heterocycles. The first kappa shape index (κ1) is 11.9. The Morgan fingerprint density at radius 3 is 2.73 bits per heavy atom. The molecule has 1 heterocycles. The van der Waals surface area contributed by atoms with Crippen molar-refractivity contribution in [3.05, 3.63) is 17.5 Å². The lowest BCUT2D eigenvalue weighted by atomic mass is 10.4. The normalized spacial score (nSPS) is 14.9. The SMILES string of the molecule is Cc1cc(CS(=O)C(C)C(=O)O)n(C)n1. The van der Waals surface area contributed by atoms with Crippen LogP contribution in [0.15, 0.2) is 6.07 Å². The minimum atomic E-state index is -1.40. The predicted molar refractivity (Wildman–Crippen MR) is 56.9 cm³/mol. The van der Waals surface area contributed by atoms with E-state index in [4.69, 9.17) is 5.11 Å². The second-order valence-corrected chi connectivity index (χ2v) is 5.16. The molecule has 1 rings (SSSR count). The van der Waals surface area contributed by atoms with E-state index in [2.05, 4.69) is 5.10 Å². The van der Waals surface area contributed by atoms with Gasteiger partial charge in [-0.1, -0.05) is 0 Å². The van der Waals surface area contributed by atoms with E-state index < -0.39 is 22.0 Å². The highest BCUT2D eigenvalue weighted by atomic mass is 32.2. The Morgan fingerprint density at radius 2 is 2.33 bits per heavy atom. The number of carboxylic acid groups (broad SMARTS) is 1. The highest BCUT2D eigenvalue weighted by Gasteiger charge is 2.20. The molecule has 2 unspecified atom stereocenters. The topological polar surface area (TPSA) is 72.2 Å². The Labute approximate surface area is 90.6 Å². The lowest BCUT2D eigenvalue weighted by molar-refractivity contribution is -0.136. The molecule has 84 valence electrons. The summed E-state index contributed by atoms with van der Waals surface area (Å²) < 4.78 is 13.2. The number of carboxylic acids is 1. The van der Waals surface area contributed by atoms with E-state index in [1.165, 1.54) is 6.92 Å². The number of nitrogens with zero attached hydrogens (tertiary/aromatic N) is 2. The van der Waals surface area contributed by atoms with Crippen molar-refractivity contribution in [3.8, 4) is 0 Å². The molecule has 0 saturated carbocycles. The fourth-order valence-corrected chi connectivity index (χ4v) is 2.22. The molecule has 6 heteroatoms. The van der Waals surface area contributed by atoms with E-state index in [9.17, 15) is 9.00 Å². The highest BCUT2D eigenvalue weighted by Crippen LogP contribution is 2.08. The molecule has 0 fully saturated rings. The van der Waals surface area contributed by atoms with Crippen molar-refractivity contribution in [3.63, 3.8) is 0 Å². The zero-order valence-electron chi connectivity index (χ0n) is 8.93. The first-order chi connectivity index (χ1) is 6.91. The first-order valence-electron chi connectivity index (χ1n) is 4.51.